The summed E-state index contributed by atoms with van der Waals surface area (Å²) >= 11 is 0. The van der Waals surface area contributed by atoms with Crippen LogP contribution in [0.25, 0.3) is 5.69 Å². The molecule has 0 saturated carbocycles. The Balaban J connectivity index is 2.58. The van der Waals surface area contributed by atoms with Gasteiger partial charge in [0.1, 0.15) is 11.8 Å². The number of nitrogen functional groups attached to an aromatic ring is 1. The number of carbonyl (C=O) groups excluding carboxylic acids is 1. The monoisotopic (exact) mass is 240 g/mol. The van der Waals surface area contributed by atoms with Crippen molar-refractivity contribution in [1.29, 1.82) is 5.26 Å². The first-order valence-electron chi connectivity index (χ1n) is 5.37. The van der Waals surface area contributed by atoms with Crippen LogP contribution in [0.2, 0.25) is 0 Å². The van der Waals surface area contributed by atoms with E-state index in [1.54, 1.807) is 48.1 Å². The first kappa shape index (κ1) is 11.7. The van der Waals surface area contributed by atoms with Gasteiger partial charge in [-0.3, -0.25) is 4.79 Å². The number of aromatic nitrogens is 1. The zero-order chi connectivity index (χ0) is 13.1. The van der Waals surface area contributed by atoms with Gasteiger partial charge >= 0.3 is 0 Å². The normalized spacial score (nSPS) is 9.78. The summed E-state index contributed by atoms with van der Waals surface area (Å²) in [6, 6.07) is 10.5. The van der Waals surface area contributed by atoms with E-state index >= 15 is 0 Å². The molecule has 1 heterocycles. The predicted molar refractivity (Wildman–Crippen MR) is 68.3 cm³/mol. The van der Waals surface area contributed by atoms with E-state index in [0.717, 1.165) is 0 Å². The molecule has 0 saturated heterocycles. The molecule has 3 N–H and O–H groups in total. The van der Waals surface area contributed by atoms with Gasteiger partial charge in [0.2, 0.25) is 0 Å². The van der Waals surface area contributed by atoms with Crippen molar-refractivity contribution in [3.05, 3.63) is 47.8 Å². The fourth-order valence-electron chi connectivity index (χ4n) is 1.72. The summed E-state index contributed by atoms with van der Waals surface area (Å²) in [5, 5.41) is 11.5. The Labute approximate surface area is 104 Å². The van der Waals surface area contributed by atoms with E-state index in [1.165, 1.54) is 0 Å². The Morgan fingerprint density at radius 1 is 1.44 bits per heavy atom. The molecule has 0 spiro atoms. The average molecular weight is 240 g/mol. The van der Waals surface area contributed by atoms with Crippen molar-refractivity contribution in [3.63, 3.8) is 0 Å². The Hall–Kier alpha value is -2.74. The van der Waals surface area contributed by atoms with Gasteiger partial charge in [-0.2, -0.15) is 5.26 Å². The van der Waals surface area contributed by atoms with Crippen molar-refractivity contribution in [2.45, 2.75) is 0 Å². The lowest BCUT2D eigenvalue weighted by atomic mass is 10.1. The topological polar surface area (TPSA) is 83.8 Å². The smallest absolute Gasteiger partial charge is 0.251 e. The number of nitrogens with one attached hydrogen (secondary N) is 1. The van der Waals surface area contributed by atoms with Crippen LogP contribution in [0.1, 0.15) is 16.1 Å². The van der Waals surface area contributed by atoms with Crippen molar-refractivity contribution >= 4 is 11.6 Å². The number of hydrogen-bond acceptors (Lipinski definition) is 3. The van der Waals surface area contributed by atoms with Crippen LogP contribution in [0.3, 0.4) is 0 Å². The van der Waals surface area contributed by atoms with Gasteiger partial charge in [0.05, 0.1) is 11.4 Å². The van der Waals surface area contributed by atoms with E-state index in [1.807, 2.05) is 0 Å². The molecule has 90 valence electrons. The molecule has 2 rings (SSSR count). The summed E-state index contributed by atoms with van der Waals surface area (Å²) in [5.74, 6) is -0.193. The number of nitrogens with two attached hydrogens (primary N) is 1. The summed E-state index contributed by atoms with van der Waals surface area (Å²) in [6.07, 6.45) is 1.73. The van der Waals surface area contributed by atoms with Crippen molar-refractivity contribution in [2.75, 3.05) is 12.8 Å². The first-order valence-corrected chi connectivity index (χ1v) is 5.37. The molecule has 18 heavy (non-hydrogen) atoms. The molecule has 1 aromatic carbocycles. The lowest BCUT2D eigenvalue weighted by molar-refractivity contribution is 0.0963. The minimum atomic E-state index is -0.193. The first-order chi connectivity index (χ1) is 8.67. The van der Waals surface area contributed by atoms with Gasteiger partial charge in [-0.1, -0.05) is 0 Å². The quantitative estimate of drug-likeness (QED) is 0.776. The second-order valence-corrected chi connectivity index (χ2v) is 3.73. The Morgan fingerprint density at radius 2 is 2.22 bits per heavy atom. The molecule has 0 fully saturated rings. The summed E-state index contributed by atoms with van der Waals surface area (Å²) in [7, 11) is 1.56. The van der Waals surface area contributed by atoms with Crippen LogP contribution in [0.4, 0.5) is 5.69 Å². The zero-order valence-corrected chi connectivity index (χ0v) is 9.84. The van der Waals surface area contributed by atoms with E-state index < -0.39 is 0 Å². The average Bonchev–Trinajstić information content (AvgIpc) is 2.86. The maximum absolute atomic E-state index is 11.6. The number of benzene rings is 1. The molecule has 0 aliphatic heterocycles. The standard InChI is InChI=1S/C13H12N4O/c1-16-13(18)9-4-5-11(15)12(7-9)17-6-2-3-10(17)8-14/h2-7H,15H2,1H3,(H,16,18). The van der Waals surface area contributed by atoms with Crippen LogP contribution >= 0.6 is 0 Å². The fourth-order valence-corrected chi connectivity index (χ4v) is 1.72. The van der Waals surface area contributed by atoms with E-state index in [4.69, 9.17) is 11.0 Å². The second kappa shape index (κ2) is 4.63. The number of rotatable bonds is 2. The molecule has 0 atom stereocenters. The van der Waals surface area contributed by atoms with Gasteiger partial charge in [0.25, 0.3) is 5.91 Å². The van der Waals surface area contributed by atoms with E-state index in [-0.39, 0.29) is 5.91 Å². The van der Waals surface area contributed by atoms with Gasteiger partial charge in [-0.05, 0) is 30.3 Å². The van der Waals surface area contributed by atoms with E-state index in [0.29, 0.717) is 22.6 Å². The van der Waals surface area contributed by atoms with Crippen LogP contribution in [0.15, 0.2) is 36.5 Å². The third-order valence-corrected chi connectivity index (χ3v) is 2.64. The van der Waals surface area contributed by atoms with Crippen molar-refractivity contribution in [3.8, 4) is 11.8 Å². The Bertz CT molecular complexity index is 637. The van der Waals surface area contributed by atoms with Gasteiger partial charge < -0.3 is 15.6 Å². The van der Waals surface area contributed by atoms with Crippen LogP contribution in [-0.2, 0) is 0 Å². The highest BCUT2D eigenvalue weighted by molar-refractivity contribution is 5.95. The highest BCUT2D eigenvalue weighted by Crippen LogP contribution is 2.21. The molecule has 1 amide bonds. The highest BCUT2D eigenvalue weighted by atomic mass is 16.1. The molecule has 5 nitrogen and oxygen atoms in total. The molecule has 2 aromatic rings. The van der Waals surface area contributed by atoms with Crippen molar-refractivity contribution < 1.29 is 4.79 Å². The van der Waals surface area contributed by atoms with Gasteiger partial charge in [-0.15, -0.1) is 0 Å². The molecule has 0 bridgehead atoms. The number of amides is 1. The minimum Gasteiger partial charge on any atom is -0.397 e. The van der Waals surface area contributed by atoms with Crippen LogP contribution < -0.4 is 11.1 Å². The molecule has 0 aliphatic rings. The lowest BCUT2D eigenvalue weighted by Gasteiger charge is -2.10. The zero-order valence-electron chi connectivity index (χ0n) is 9.84. The largest absolute Gasteiger partial charge is 0.397 e. The van der Waals surface area contributed by atoms with Crippen molar-refractivity contribution in [1.82, 2.24) is 9.88 Å². The molecule has 0 aliphatic carbocycles. The minimum absolute atomic E-state index is 0.193. The number of anilines is 1. The highest BCUT2D eigenvalue weighted by Gasteiger charge is 2.10. The third kappa shape index (κ3) is 1.92. The van der Waals surface area contributed by atoms with Crippen LogP contribution in [0, 0.1) is 11.3 Å². The predicted octanol–water partition coefficient (Wildman–Crippen LogP) is 1.29. The Morgan fingerprint density at radius 3 is 2.89 bits per heavy atom. The molecule has 1 aromatic heterocycles. The maximum atomic E-state index is 11.6. The second-order valence-electron chi connectivity index (χ2n) is 3.73. The number of hydrogen-bond donors (Lipinski definition) is 2. The molecule has 0 radical (unpaired) electrons. The Kier molecular flexibility index (Phi) is 3.02. The van der Waals surface area contributed by atoms with Gasteiger partial charge in [0.15, 0.2) is 0 Å². The van der Waals surface area contributed by atoms with E-state index in [2.05, 4.69) is 11.4 Å². The molecular weight excluding hydrogens is 228 g/mol. The summed E-state index contributed by atoms with van der Waals surface area (Å²) in [5.41, 5.74) is 7.98. The maximum Gasteiger partial charge on any atom is 0.251 e. The van der Waals surface area contributed by atoms with Crippen LogP contribution in [0.5, 0.6) is 0 Å². The third-order valence-electron chi connectivity index (χ3n) is 2.64. The van der Waals surface area contributed by atoms with Crippen molar-refractivity contribution in [2.24, 2.45) is 0 Å². The number of carbonyl (C=O) groups is 1. The van der Waals surface area contributed by atoms with Gasteiger partial charge in [-0.25, -0.2) is 0 Å². The summed E-state index contributed by atoms with van der Waals surface area (Å²) in [6.45, 7) is 0. The molecular formula is C13H12N4O. The lowest BCUT2D eigenvalue weighted by Crippen LogP contribution is -2.18. The number of nitrogens with zero attached hydrogens (tertiary/aromatic N) is 2. The summed E-state index contributed by atoms with van der Waals surface area (Å²) < 4.78 is 1.65. The molecule has 0 unspecified atom stereocenters. The van der Waals surface area contributed by atoms with Crippen LogP contribution in [-0.4, -0.2) is 17.5 Å². The number of nitriles is 1. The fraction of sp³-hybridized carbons (Fsp3) is 0.0769. The SMILES string of the molecule is CNC(=O)c1ccc(N)c(-n2cccc2C#N)c1. The molecule has 5 heteroatoms. The summed E-state index contributed by atoms with van der Waals surface area (Å²) in [4.78, 5) is 11.6. The van der Waals surface area contributed by atoms with E-state index in [9.17, 15) is 4.79 Å². The van der Waals surface area contributed by atoms with Gasteiger partial charge in [0, 0.05) is 18.8 Å².